The van der Waals surface area contributed by atoms with Gasteiger partial charge in [-0.25, -0.2) is 4.79 Å². The molecular weight excluding hydrogens is 300 g/mol. The summed E-state index contributed by atoms with van der Waals surface area (Å²) in [6.07, 6.45) is 1.97. The zero-order valence-electron chi connectivity index (χ0n) is 13.7. The minimum Gasteiger partial charge on any atom is -0.462 e. The van der Waals surface area contributed by atoms with E-state index in [0.29, 0.717) is 17.9 Å². The highest BCUT2D eigenvalue weighted by molar-refractivity contribution is 5.91. The minimum absolute atomic E-state index is 0.0478. The van der Waals surface area contributed by atoms with Crippen LogP contribution in [0.2, 0.25) is 0 Å². The lowest BCUT2D eigenvalue weighted by Crippen LogP contribution is -2.31. The van der Waals surface area contributed by atoms with E-state index in [0.717, 1.165) is 18.5 Å². The van der Waals surface area contributed by atoms with Crippen molar-refractivity contribution in [1.29, 1.82) is 0 Å². The van der Waals surface area contributed by atoms with E-state index >= 15 is 0 Å². The molecule has 0 spiro atoms. The molecule has 126 valence electrons. The van der Waals surface area contributed by atoms with E-state index in [-0.39, 0.29) is 25.1 Å². The van der Waals surface area contributed by atoms with E-state index < -0.39 is 11.9 Å². The Morgan fingerprint density at radius 1 is 1.26 bits per heavy atom. The molecule has 2 rings (SSSR count). The lowest BCUT2D eigenvalue weighted by molar-refractivity contribution is -0.149. The summed E-state index contributed by atoms with van der Waals surface area (Å²) in [5.41, 5.74) is 1.83. The first-order chi connectivity index (χ1) is 10.9. The maximum absolute atomic E-state index is 11.9. The van der Waals surface area contributed by atoms with Crippen molar-refractivity contribution in [3.05, 3.63) is 23.0 Å². The summed E-state index contributed by atoms with van der Waals surface area (Å²) in [6.45, 7) is 5.24. The predicted octanol–water partition coefficient (Wildman–Crippen LogP) is 1.10. The molecule has 1 aromatic rings. The maximum Gasteiger partial charge on any atom is 0.339 e. The Bertz CT molecular complexity index is 616. The van der Waals surface area contributed by atoms with Crippen LogP contribution in [0, 0.1) is 13.8 Å². The summed E-state index contributed by atoms with van der Waals surface area (Å²) in [7, 11) is 0. The van der Waals surface area contributed by atoms with Gasteiger partial charge >= 0.3 is 11.9 Å². The van der Waals surface area contributed by atoms with Gasteiger partial charge in [0.1, 0.15) is 6.54 Å². The highest BCUT2D eigenvalue weighted by Crippen LogP contribution is 2.18. The Kier molecular flexibility index (Phi) is 5.41. The van der Waals surface area contributed by atoms with Crippen molar-refractivity contribution in [3.8, 4) is 0 Å². The molecule has 1 fully saturated rings. The maximum atomic E-state index is 11.9. The van der Waals surface area contributed by atoms with Gasteiger partial charge in [0.15, 0.2) is 6.61 Å². The average molecular weight is 322 g/mol. The number of carbonyl (C=O) groups is 3. The summed E-state index contributed by atoms with van der Waals surface area (Å²) in [4.78, 5) is 35.2. The van der Waals surface area contributed by atoms with Crippen LogP contribution in [0.25, 0.3) is 0 Å². The highest BCUT2D eigenvalue weighted by Gasteiger charge is 2.24. The third-order valence-corrected chi connectivity index (χ3v) is 3.66. The molecule has 1 heterocycles. The number of esters is 2. The van der Waals surface area contributed by atoms with Gasteiger partial charge < -0.3 is 19.4 Å². The molecule has 1 saturated carbocycles. The van der Waals surface area contributed by atoms with Gasteiger partial charge in [0.25, 0.3) is 5.91 Å². The topological polar surface area (TPSA) is 86.6 Å². The second-order valence-corrected chi connectivity index (χ2v) is 5.59. The number of hydrogen-bond acceptors (Lipinski definition) is 5. The van der Waals surface area contributed by atoms with Crippen molar-refractivity contribution in [2.24, 2.45) is 0 Å². The van der Waals surface area contributed by atoms with E-state index in [2.05, 4.69) is 5.32 Å². The van der Waals surface area contributed by atoms with Gasteiger partial charge in [0.2, 0.25) is 0 Å². The molecule has 0 unspecified atom stereocenters. The predicted molar refractivity (Wildman–Crippen MR) is 82.0 cm³/mol. The molecule has 0 bridgehead atoms. The Hall–Kier alpha value is -2.31. The highest BCUT2D eigenvalue weighted by atomic mass is 16.5. The molecule has 1 aromatic heterocycles. The Morgan fingerprint density at radius 2 is 1.96 bits per heavy atom. The van der Waals surface area contributed by atoms with E-state index in [4.69, 9.17) is 9.47 Å². The zero-order valence-corrected chi connectivity index (χ0v) is 13.7. The molecular formula is C16H22N2O5. The van der Waals surface area contributed by atoms with Gasteiger partial charge in [0.05, 0.1) is 12.2 Å². The number of nitrogens with one attached hydrogen (secondary N) is 1. The first-order valence-electron chi connectivity index (χ1n) is 7.71. The monoisotopic (exact) mass is 322 g/mol. The van der Waals surface area contributed by atoms with Crippen LogP contribution in [0.4, 0.5) is 0 Å². The average Bonchev–Trinajstić information content (AvgIpc) is 3.26. The molecule has 7 nitrogen and oxygen atoms in total. The van der Waals surface area contributed by atoms with Crippen LogP contribution in [0.15, 0.2) is 6.07 Å². The molecule has 1 aliphatic rings. The van der Waals surface area contributed by atoms with Crippen LogP contribution in [0.5, 0.6) is 0 Å². The number of aromatic nitrogens is 1. The van der Waals surface area contributed by atoms with Gasteiger partial charge in [-0.05, 0) is 39.7 Å². The number of amides is 1. The molecule has 0 saturated heterocycles. The molecule has 7 heteroatoms. The van der Waals surface area contributed by atoms with E-state index in [1.54, 1.807) is 31.4 Å². The normalized spacial score (nSPS) is 13.5. The SMILES string of the molecule is CCOC(=O)c1cc(C)n(CC(=O)OCC(=O)NC2CC2)c1C. The summed E-state index contributed by atoms with van der Waals surface area (Å²) in [5, 5.41) is 2.74. The third-order valence-electron chi connectivity index (χ3n) is 3.66. The third kappa shape index (κ3) is 4.58. The molecule has 0 radical (unpaired) electrons. The van der Waals surface area contributed by atoms with Crippen molar-refractivity contribution in [2.75, 3.05) is 13.2 Å². The number of ether oxygens (including phenoxy) is 2. The first-order valence-corrected chi connectivity index (χ1v) is 7.71. The molecule has 0 aromatic carbocycles. The fourth-order valence-corrected chi connectivity index (χ4v) is 2.28. The van der Waals surface area contributed by atoms with Crippen LogP contribution in [0.1, 0.15) is 41.5 Å². The van der Waals surface area contributed by atoms with Gasteiger partial charge in [-0.1, -0.05) is 0 Å². The second kappa shape index (κ2) is 7.30. The minimum atomic E-state index is -0.520. The van der Waals surface area contributed by atoms with Gasteiger partial charge in [-0.2, -0.15) is 0 Å². The fourth-order valence-electron chi connectivity index (χ4n) is 2.28. The Balaban J connectivity index is 1.92. The number of hydrogen-bond donors (Lipinski definition) is 1. The number of aryl methyl sites for hydroxylation is 1. The summed E-state index contributed by atoms with van der Waals surface area (Å²) in [5.74, 6) is -1.22. The second-order valence-electron chi connectivity index (χ2n) is 5.59. The number of carbonyl (C=O) groups excluding carboxylic acids is 3. The van der Waals surface area contributed by atoms with Crippen LogP contribution in [0.3, 0.4) is 0 Å². The van der Waals surface area contributed by atoms with Crippen LogP contribution in [-0.2, 0) is 25.6 Å². The lowest BCUT2D eigenvalue weighted by atomic mass is 10.2. The molecule has 1 N–H and O–H groups in total. The van der Waals surface area contributed by atoms with Gasteiger partial charge in [-0.15, -0.1) is 0 Å². The molecule has 0 aliphatic heterocycles. The van der Waals surface area contributed by atoms with Crippen molar-refractivity contribution in [2.45, 2.75) is 46.2 Å². The van der Waals surface area contributed by atoms with Crippen molar-refractivity contribution in [1.82, 2.24) is 9.88 Å². The van der Waals surface area contributed by atoms with Crippen LogP contribution in [-0.4, -0.2) is 41.7 Å². The van der Waals surface area contributed by atoms with Crippen LogP contribution < -0.4 is 5.32 Å². The lowest BCUT2D eigenvalue weighted by Gasteiger charge is -2.10. The smallest absolute Gasteiger partial charge is 0.339 e. The van der Waals surface area contributed by atoms with E-state index in [1.165, 1.54) is 0 Å². The fraction of sp³-hybridized carbons (Fsp3) is 0.562. The molecule has 1 aliphatic carbocycles. The van der Waals surface area contributed by atoms with Gasteiger partial charge in [0, 0.05) is 17.4 Å². The quantitative estimate of drug-likeness (QED) is 0.760. The van der Waals surface area contributed by atoms with Crippen molar-refractivity contribution >= 4 is 17.8 Å². The summed E-state index contributed by atoms with van der Waals surface area (Å²) < 4.78 is 11.6. The summed E-state index contributed by atoms with van der Waals surface area (Å²) in [6, 6.07) is 1.92. The Labute approximate surface area is 134 Å². The Morgan fingerprint density at radius 3 is 2.57 bits per heavy atom. The number of nitrogens with zero attached hydrogens (tertiary/aromatic N) is 1. The standard InChI is InChI=1S/C16H22N2O5/c1-4-22-16(21)13-7-10(2)18(11(13)3)8-15(20)23-9-14(19)17-12-5-6-12/h7,12H,4-6,8-9H2,1-3H3,(H,17,19). The van der Waals surface area contributed by atoms with Crippen molar-refractivity contribution in [3.63, 3.8) is 0 Å². The van der Waals surface area contributed by atoms with Crippen LogP contribution >= 0.6 is 0 Å². The summed E-state index contributed by atoms with van der Waals surface area (Å²) >= 11 is 0. The molecule has 1 amide bonds. The van der Waals surface area contributed by atoms with Crippen molar-refractivity contribution < 1.29 is 23.9 Å². The molecule has 23 heavy (non-hydrogen) atoms. The largest absolute Gasteiger partial charge is 0.462 e. The molecule has 0 atom stereocenters. The zero-order chi connectivity index (χ0) is 17.0. The first kappa shape index (κ1) is 17.1. The van der Waals surface area contributed by atoms with E-state index in [9.17, 15) is 14.4 Å². The number of rotatable bonds is 7. The van der Waals surface area contributed by atoms with Gasteiger partial charge in [-0.3, -0.25) is 9.59 Å². The van der Waals surface area contributed by atoms with E-state index in [1.807, 2.05) is 0 Å².